The molecule has 2 heterocycles. The average molecular weight is 354 g/mol. The van der Waals surface area contributed by atoms with Gasteiger partial charge in [0, 0.05) is 37.3 Å². The summed E-state index contributed by atoms with van der Waals surface area (Å²) < 4.78 is 13.0. The first-order valence-corrected chi connectivity index (χ1v) is 9.13. The molecule has 0 aliphatic carbocycles. The van der Waals surface area contributed by atoms with Crippen LogP contribution in [0.1, 0.15) is 60.5 Å². The van der Waals surface area contributed by atoms with Gasteiger partial charge in [-0.3, -0.25) is 14.6 Å². The Balaban J connectivity index is 1.66. The van der Waals surface area contributed by atoms with Crippen LogP contribution < -0.4 is 0 Å². The van der Waals surface area contributed by atoms with Gasteiger partial charge in [0.15, 0.2) is 5.78 Å². The van der Waals surface area contributed by atoms with E-state index in [1.165, 1.54) is 24.3 Å². The number of rotatable bonds is 5. The van der Waals surface area contributed by atoms with Gasteiger partial charge in [0.05, 0.1) is 6.04 Å². The van der Waals surface area contributed by atoms with Gasteiger partial charge in [-0.05, 0) is 54.8 Å². The molecule has 1 fully saturated rings. The van der Waals surface area contributed by atoms with Crippen LogP contribution >= 0.6 is 0 Å². The Kier molecular flexibility index (Phi) is 6.10. The quantitative estimate of drug-likeness (QED) is 0.751. The van der Waals surface area contributed by atoms with Crippen LogP contribution in [0.3, 0.4) is 0 Å². The van der Waals surface area contributed by atoms with E-state index in [0.717, 1.165) is 37.8 Å². The minimum atomic E-state index is -0.373. The van der Waals surface area contributed by atoms with Crippen LogP contribution in [0.2, 0.25) is 0 Å². The molecule has 1 aliphatic rings. The molecule has 3 rings (SSSR count). The van der Waals surface area contributed by atoms with E-state index in [1.54, 1.807) is 12.4 Å². The highest BCUT2D eigenvalue weighted by Gasteiger charge is 2.26. The van der Waals surface area contributed by atoms with Crippen molar-refractivity contribution in [3.05, 3.63) is 65.7 Å². The largest absolute Gasteiger partial charge is 0.336 e. The second-order valence-corrected chi connectivity index (χ2v) is 6.66. The molecule has 1 unspecified atom stereocenters. The third-order valence-corrected chi connectivity index (χ3v) is 4.90. The lowest BCUT2D eigenvalue weighted by atomic mass is 10.0. The minimum absolute atomic E-state index is 0.00386. The van der Waals surface area contributed by atoms with Crippen molar-refractivity contribution < 1.29 is 14.0 Å². The summed E-state index contributed by atoms with van der Waals surface area (Å²) in [7, 11) is 0. The van der Waals surface area contributed by atoms with Gasteiger partial charge in [0.2, 0.25) is 5.91 Å². The van der Waals surface area contributed by atoms with Crippen molar-refractivity contribution in [3.63, 3.8) is 0 Å². The van der Waals surface area contributed by atoms with Gasteiger partial charge < -0.3 is 4.90 Å². The molecule has 1 aromatic heterocycles. The summed E-state index contributed by atoms with van der Waals surface area (Å²) in [4.78, 5) is 31.1. The molecular formula is C21H23FN2O2. The van der Waals surface area contributed by atoms with Crippen LogP contribution in [0.5, 0.6) is 0 Å². The van der Waals surface area contributed by atoms with E-state index < -0.39 is 0 Å². The number of ketones is 1. The van der Waals surface area contributed by atoms with Gasteiger partial charge in [0.1, 0.15) is 5.82 Å². The molecule has 5 heteroatoms. The van der Waals surface area contributed by atoms with Crippen LogP contribution in [-0.4, -0.2) is 28.1 Å². The first kappa shape index (κ1) is 18.2. The standard InChI is InChI=1S/C21H23FN2O2/c22-18-7-5-17(6-8-18)20(25)9-10-21(26)24-15-3-1-2-4-19(24)16-11-13-23-14-12-16/h5-8,11-14,19H,1-4,9-10,15H2. The predicted molar refractivity (Wildman–Crippen MR) is 97.1 cm³/mol. The van der Waals surface area contributed by atoms with Crippen LogP contribution in [0.15, 0.2) is 48.8 Å². The molecule has 0 saturated carbocycles. The molecule has 1 atom stereocenters. The number of pyridine rings is 1. The van der Waals surface area contributed by atoms with Gasteiger partial charge in [-0.25, -0.2) is 4.39 Å². The Morgan fingerprint density at radius 1 is 1.00 bits per heavy atom. The van der Waals surface area contributed by atoms with Gasteiger partial charge in [-0.1, -0.05) is 12.8 Å². The molecule has 4 nitrogen and oxygen atoms in total. The Morgan fingerprint density at radius 3 is 2.46 bits per heavy atom. The number of halogens is 1. The molecule has 1 saturated heterocycles. The van der Waals surface area contributed by atoms with E-state index >= 15 is 0 Å². The molecule has 2 aromatic rings. The number of Topliss-reactive ketones (excluding diaryl/α,β-unsaturated/α-hetero) is 1. The number of hydrogen-bond donors (Lipinski definition) is 0. The number of amides is 1. The van der Waals surface area contributed by atoms with Crippen LogP contribution in [-0.2, 0) is 4.79 Å². The van der Waals surface area contributed by atoms with E-state index in [4.69, 9.17) is 0 Å². The maximum absolute atomic E-state index is 13.0. The Labute approximate surface area is 153 Å². The van der Waals surface area contributed by atoms with E-state index in [0.29, 0.717) is 5.56 Å². The van der Waals surface area contributed by atoms with Crippen molar-refractivity contribution in [2.75, 3.05) is 6.54 Å². The summed E-state index contributed by atoms with van der Waals surface area (Å²) in [5, 5.41) is 0. The van der Waals surface area contributed by atoms with Gasteiger partial charge >= 0.3 is 0 Å². The van der Waals surface area contributed by atoms with Crippen LogP contribution in [0.25, 0.3) is 0 Å². The zero-order chi connectivity index (χ0) is 18.4. The van der Waals surface area contributed by atoms with Crippen molar-refractivity contribution >= 4 is 11.7 Å². The molecular weight excluding hydrogens is 331 g/mol. The highest BCUT2D eigenvalue weighted by molar-refractivity contribution is 5.97. The predicted octanol–water partition coefficient (Wildman–Crippen LogP) is 4.33. The number of likely N-dealkylation sites (tertiary alicyclic amines) is 1. The average Bonchev–Trinajstić information content (AvgIpc) is 2.93. The SMILES string of the molecule is O=C(CCC(=O)N1CCCCCC1c1ccncc1)c1ccc(F)cc1. The monoisotopic (exact) mass is 354 g/mol. The number of aromatic nitrogens is 1. The maximum Gasteiger partial charge on any atom is 0.223 e. The van der Waals surface area contributed by atoms with Crippen molar-refractivity contribution in [1.82, 2.24) is 9.88 Å². The Morgan fingerprint density at radius 2 is 1.73 bits per heavy atom. The molecule has 136 valence electrons. The lowest BCUT2D eigenvalue weighted by Gasteiger charge is -2.30. The van der Waals surface area contributed by atoms with E-state index in [9.17, 15) is 14.0 Å². The smallest absolute Gasteiger partial charge is 0.223 e. The van der Waals surface area contributed by atoms with E-state index in [1.807, 2.05) is 17.0 Å². The summed E-state index contributed by atoms with van der Waals surface area (Å²) in [6, 6.07) is 9.43. The van der Waals surface area contributed by atoms with Gasteiger partial charge in [-0.15, -0.1) is 0 Å². The van der Waals surface area contributed by atoms with E-state index in [2.05, 4.69) is 4.98 Å². The lowest BCUT2D eigenvalue weighted by Crippen LogP contribution is -2.35. The zero-order valence-electron chi connectivity index (χ0n) is 14.7. The molecule has 0 radical (unpaired) electrons. The summed E-state index contributed by atoms with van der Waals surface area (Å²) >= 11 is 0. The number of carbonyl (C=O) groups is 2. The van der Waals surface area contributed by atoms with Crippen LogP contribution in [0.4, 0.5) is 4.39 Å². The second kappa shape index (κ2) is 8.70. The number of hydrogen-bond acceptors (Lipinski definition) is 3. The first-order valence-electron chi connectivity index (χ1n) is 9.13. The van der Waals surface area contributed by atoms with Crippen molar-refractivity contribution in [2.45, 2.75) is 44.6 Å². The molecule has 0 spiro atoms. The Bertz CT molecular complexity index is 746. The van der Waals surface area contributed by atoms with Crippen molar-refractivity contribution in [2.24, 2.45) is 0 Å². The van der Waals surface area contributed by atoms with Gasteiger partial charge in [0.25, 0.3) is 0 Å². The molecule has 26 heavy (non-hydrogen) atoms. The minimum Gasteiger partial charge on any atom is -0.336 e. The lowest BCUT2D eigenvalue weighted by molar-refractivity contribution is -0.133. The fourth-order valence-corrected chi connectivity index (χ4v) is 3.48. The fraction of sp³-hybridized carbons (Fsp3) is 0.381. The van der Waals surface area contributed by atoms with E-state index in [-0.39, 0.29) is 36.4 Å². The summed E-state index contributed by atoms with van der Waals surface area (Å²) in [6.45, 7) is 0.719. The van der Waals surface area contributed by atoms with Gasteiger partial charge in [-0.2, -0.15) is 0 Å². The molecule has 1 aromatic carbocycles. The zero-order valence-corrected chi connectivity index (χ0v) is 14.7. The third kappa shape index (κ3) is 4.54. The second-order valence-electron chi connectivity index (χ2n) is 6.66. The summed E-state index contributed by atoms with van der Waals surface area (Å²) in [5.74, 6) is -0.500. The third-order valence-electron chi connectivity index (χ3n) is 4.90. The fourth-order valence-electron chi connectivity index (χ4n) is 3.48. The highest BCUT2D eigenvalue weighted by Crippen LogP contribution is 2.30. The molecule has 0 bridgehead atoms. The highest BCUT2D eigenvalue weighted by atomic mass is 19.1. The summed E-state index contributed by atoms with van der Waals surface area (Å²) in [6.07, 6.45) is 7.94. The number of nitrogens with zero attached hydrogens (tertiary/aromatic N) is 2. The molecule has 0 N–H and O–H groups in total. The number of benzene rings is 1. The maximum atomic E-state index is 13.0. The Hall–Kier alpha value is -2.56. The normalized spacial score (nSPS) is 17.6. The number of carbonyl (C=O) groups excluding carboxylic acids is 2. The molecule has 1 aliphatic heterocycles. The topological polar surface area (TPSA) is 50.3 Å². The summed E-state index contributed by atoms with van der Waals surface area (Å²) in [5.41, 5.74) is 1.54. The molecule has 1 amide bonds. The first-order chi connectivity index (χ1) is 12.6. The van der Waals surface area contributed by atoms with Crippen molar-refractivity contribution in [1.29, 1.82) is 0 Å². The van der Waals surface area contributed by atoms with Crippen molar-refractivity contribution in [3.8, 4) is 0 Å². The van der Waals surface area contributed by atoms with Crippen LogP contribution in [0, 0.1) is 5.82 Å².